The maximum absolute atomic E-state index is 12.4. The highest BCUT2D eigenvalue weighted by atomic mass is 16.5. The average molecular weight is 328 g/mol. The number of carbonyl (C=O) groups is 1. The van der Waals surface area contributed by atoms with E-state index in [-0.39, 0.29) is 11.5 Å². The van der Waals surface area contributed by atoms with Crippen molar-refractivity contribution in [2.75, 3.05) is 20.8 Å². The molecule has 126 valence electrons. The highest BCUT2D eigenvalue weighted by Gasteiger charge is 2.11. The number of hydrogen-bond donors (Lipinski definition) is 1. The molecular weight excluding hydrogens is 308 g/mol. The van der Waals surface area contributed by atoms with Gasteiger partial charge in [-0.15, -0.1) is 0 Å². The molecule has 0 spiro atoms. The molecule has 0 fully saturated rings. The summed E-state index contributed by atoms with van der Waals surface area (Å²) in [6.07, 6.45) is 3.11. The third kappa shape index (κ3) is 4.07. The van der Waals surface area contributed by atoms with Gasteiger partial charge in [-0.2, -0.15) is 0 Å². The summed E-state index contributed by atoms with van der Waals surface area (Å²) in [7, 11) is 3.06. The van der Waals surface area contributed by atoms with Gasteiger partial charge in [0.05, 0.1) is 26.4 Å². The lowest BCUT2D eigenvalue weighted by atomic mass is 10.1. The summed E-state index contributed by atoms with van der Waals surface area (Å²) in [5, 5.41) is 9.69. The fourth-order valence-electron chi connectivity index (χ4n) is 2.17. The molecule has 0 atom stereocenters. The molecule has 0 saturated carbocycles. The van der Waals surface area contributed by atoms with Crippen LogP contribution in [0.1, 0.15) is 22.8 Å². The first kappa shape index (κ1) is 17.4. The lowest BCUT2D eigenvalue weighted by molar-refractivity contribution is 0.104. The van der Waals surface area contributed by atoms with Crippen LogP contribution in [0.2, 0.25) is 0 Å². The third-order valence-electron chi connectivity index (χ3n) is 3.39. The zero-order valence-electron chi connectivity index (χ0n) is 13.9. The lowest BCUT2D eigenvalue weighted by Gasteiger charge is -2.08. The number of methoxy groups -OCH3 is 2. The molecule has 0 heterocycles. The first-order chi connectivity index (χ1) is 11.6. The van der Waals surface area contributed by atoms with Gasteiger partial charge in [-0.05, 0) is 42.8 Å². The van der Waals surface area contributed by atoms with Crippen molar-refractivity contribution in [3.8, 4) is 23.0 Å². The largest absolute Gasteiger partial charge is 0.504 e. The van der Waals surface area contributed by atoms with Gasteiger partial charge in [-0.25, -0.2) is 0 Å². The molecule has 0 aliphatic heterocycles. The van der Waals surface area contributed by atoms with Crippen LogP contribution in [0.3, 0.4) is 0 Å². The van der Waals surface area contributed by atoms with E-state index in [2.05, 4.69) is 0 Å². The Morgan fingerprint density at radius 3 is 2.54 bits per heavy atom. The van der Waals surface area contributed by atoms with Crippen molar-refractivity contribution in [2.24, 2.45) is 0 Å². The van der Waals surface area contributed by atoms with Gasteiger partial charge < -0.3 is 19.3 Å². The molecule has 2 aromatic carbocycles. The molecule has 0 bridgehead atoms. The maximum atomic E-state index is 12.4. The monoisotopic (exact) mass is 328 g/mol. The molecule has 0 unspecified atom stereocenters. The molecule has 24 heavy (non-hydrogen) atoms. The van der Waals surface area contributed by atoms with Gasteiger partial charge in [0.25, 0.3) is 0 Å². The quantitative estimate of drug-likeness (QED) is 0.620. The number of ether oxygens (including phenoxy) is 3. The van der Waals surface area contributed by atoms with Crippen LogP contribution in [0.25, 0.3) is 6.08 Å². The summed E-state index contributed by atoms with van der Waals surface area (Å²) in [5.41, 5.74) is 1.19. The first-order valence-corrected chi connectivity index (χ1v) is 7.49. The van der Waals surface area contributed by atoms with Gasteiger partial charge in [0.2, 0.25) is 0 Å². The number of phenols is 1. The normalized spacial score (nSPS) is 10.6. The Balaban J connectivity index is 2.23. The van der Waals surface area contributed by atoms with Gasteiger partial charge in [-0.1, -0.05) is 12.1 Å². The topological polar surface area (TPSA) is 65.0 Å². The minimum absolute atomic E-state index is 0.0668. The van der Waals surface area contributed by atoms with Crippen molar-refractivity contribution in [1.82, 2.24) is 0 Å². The number of rotatable bonds is 7. The van der Waals surface area contributed by atoms with Crippen LogP contribution < -0.4 is 14.2 Å². The number of benzene rings is 2. The van der Waals surface area contributed by atoms with E-state index in [4.69, 9.17) is 14.2 Å². The van der Waals surface area contributed by atoms with Gasteiger partial charge >= 0.3 is 0 Å². The Hall–Kier alpha value is -2.95. The zero-order valence-corrected chi connectivity index (χ0v) is 13.9. The molecule has 5 nitrogen and oxygen atoms in total. The van der Waals surface area contributed by atoms with Crippen LogP contribution in [0, 0.1) is 0 Å². The zero-order chi connectivity index (χ0) is 17.5. The van der Waals surface area contributed by atoms with Crippen molar-refractivity contribution in [1.29, 1.82) is 0 Å². The minimum Gasteiger partial charge on any atom is -0.504 e. The summed E-state index contributed by atoms with van der Waals surface area (Å²) in [4.78, 5) is 12.4. The highest BCUT2D eigenvalue weighted by molar-refractivity contribution is 6.08. The van der Waals surface area contributed by atoms with Crippen molar-refractivity contribution < 1.29 is 24.1 Å². The minimum atomic E-state index is -0.194. The van der Waals surface area contributed by atoms with Crippen molar-refractivity contribution in [3.05, 3.63) is 53.6 Å². The van der Waals surface area contributed by atoms with Gasteiger partial charge in [-0.3, -0.25) is 4.79 Å². The summed E-state index contributed by atoms with van der Waals surface area (Å²) >= 11 is 0. The standard InChI is InChI=1S/C19H20O5/c1-4-24-19-11-13(6-10-17(19)21)5-9-16(20)15-8-7-14(22-2)12-18(15)23-3/h5-12,21H,4H2,1-3H3/b9-5+. The van der Waals surface area contributed by atoms with Gasteiger partial charge in [0.15, 0.2) is 17.3 Å². The Morgan fingerprint density at radius 1 is 1.08 bits per heavy atom. The fraction of sp³-hybridized carbons (Fsp3) is 0.211. The Bertz CT molecular complexity index is 749. The van der Waals surface area contributed by atoms with Crippen molar-refractivity contribution >= 4 is 11.9 Å². The summed E-state index contributed by atoms with van der Waals surface area (Å²) in [6.45, 7) is 2.28. The highest BCUT2D eigenvalue weighted by Crippen LogP contribution is 2.28. The van der Waals surface area contributed by atoms with E-state index < -0.39 is 0 Å². The predicted octanol–water partition coefficient (Wildman–Crippen LogP) is 3.70. The number of phenolic OH excluding ortho intramolecular Hbond substituents is 1. The number of allylic oxidation sites excluding steroid dienone is 1. The van der Waals surface area contributed by atoms with E-state index in [1.807, 2.05) is 6.92 Å². The summed E-state index contributed by atoms with van der Waals surface area (Å²) in [5.74, 6) is 1.32. The van der Waals surface area contributed by atoms with Gasteiger partial charge in [0, 0.05) is 6.07 Å². The van der Waals surface area contributed by atoms with Crippen molar-refractivity contribution in [2.45, 2.75) is 6.92 Å². The van der Waals surface area contributed by atoms with Crippen LogP contribution in [0.4, 0.5) is 0 Å². The molecule has 2 rings (SSSR count). The fourth-order valence-corrected chi connectivity index (χ4v) is 2.17. The molecule has 0 saturated heterocycles. The van der Waals surface area contributed by atoms with Crippen LogP contribution in [0.15, 0.2) is 42.5 Å². The second kappa shape index (κ2) is 8.06. The van der Waals surface area contributed by atoms with E-state index in [1.54, 1.807) is 43.5 Å². The Labute approximate surface area is 141 Å². The Morgan fingerprint density at radius 2 is 1.88 bits per heavy atom. The third-order valence-corrected chi connectivity index (χ3v) is 3.39. The van der Waals surface area contributed by atoms with Crippen LogP contribution in [-0.2, 0) is 0 Å². The van der Waals surface area contributed by atoms with Gasteiger partial charge in [0.1, 0.15) is 11.5 Å². The number of hydrogen-bond acceptors (Lipinski definition) is 5. The summed E-state index contributed by atoms with van der Waals surface area (Å²) < 4.78 is 15.7. The molecule has 0 amide bonds. The molecule has 1 N–H and O–H groups in total. The van der Waals surface area contributed by atoms with Crippen LogP contribution in [-0.4, -0.2) is 31.7 Å². The number of aromatic hydroxyl groups is 1. The molecular formula is C19H20O5. The first-order valence-electron chi connectivity index (χ1n) is 7.49. The van der Waals surface area contributed by atoms with E-state index in [0.717, 1.165) is 5.56 Å². The average Bonchev–Trinajstić information content (AvgIpc) is 2.61. The number of ketones is 1. The van der Waals surface area contributed by atoms with Crippen LogP contribution >= 0.6 is 0 Å². The van der Waals surface area contributed by atoms with E-state index >= 15 is 0 Å². The Kier molecular flexibility index (Phi) is 5.84. The molecule has 0 radical (unpaired) electrons. The van der Waals surface area contributed by atoms with E-state index in [0.29, 0.717) is 29.4 Å². The molecule has 5 heteroatoms. The predicted molar refractivity (Wildman–Crippen MR) is 92.2 cm³/mol. The molecule has 0 aliphatic rings. The maximum Gasteiger partial charge on any atom is 0.189 e. The lowest BCUT2D eigenvalue weighted by Crippen LogP contribution is -1.99. The molecule has 0 aliphatic carbocycles. The molecule has 0 aromatic heterocycles. The second-order valence-electron chi connectivity index (χ2n) is 4.92. The smallest absolute Gasteiger partial charge is 0.189 e. The SMILES string of the molecule is CCOc1cc(/C=C/C(=O)c2ccc(OC)cc2OC)ccc1O. The van der Waals surface area contributed by atoms with Crippen molar-refractivity contribution in [3.63, 3.8) is 0 Å². The summed E-state index contributed by atoms with van der Waals surface area (Å²) in [6, 6.07) is 9.93. The van der Waals surface area contributed by atoms with E-state index in [1.165, 1.54) is 19.3 Å². The van der Waals surface area contributed by atoms with Crippen LogP contribution in [0.5, 0.6) is 23.0 Å². The molecule has 2 aromatic rings. The van der Waals surface area contributed by atoms with E-state index in [9.17, 15) is 9.90 Å². The number of carbonyl (C=O) groups excluding carboxylic acids is 1. The second-order valence-corrected chi connectivity index (χ2v) is 4.92.